The van der Waals surface area contributed by atoms with Crippen molar-refractivity contribution in [2.45, 2.75) is 12.8 Å². The molecule has 0 aliphatic carbocycles. The number of benzene rings is 1. The number of hydrogen-bond acceptors (Lipinski definition) is 5. The summed E-state index contributed by atoms with van der Waals surface area (Å²) in [4.78, 5) is 15.0. The Morgan fingerprint density at radius 1 is 1.60 bits per heavy atom. The number of nitrogen functional groups attached to an aromatic ring is 1. The van der Waals surface area contributed by atoms with E-state index in [1.54, 1.807) is 17.5 Å². The number of carboxylic acid groups (broad SMARTS) is 1. The maximum absolute atomic E-state index is 13.6. The van der Waals surface area contributed by atoms with Gasteiger partial charge in [0.05, 0.1) is 21.9 Å². The summed E-state index contributed by atoms with van der Waals surface area (Å²) in [7, 11) is 0. The summed E-state index contributed by atoms with van der Waals surface area (Å²) in [5, 5.41) is 14.7. The fraction of sp³-hybridized carbons (Fsp3) is 0.231. The molecule has 2 rings (SSSR count). The Balaban J connectivity index is 2.10. The van der Waals surface area contributed by atoms with E-state index in [1.807, 2.05) is 12.3 Å². The first-order chi connectivity index (χ1) is 9.49. The van der Waals surface area contributed by atoms with Crippen LogP contribution in [0.25, 0.3) is 0 Å². The SMILES string of the molecule is CC(CNc1cc(F)c(C(=O)O)cc1N)c1nccs1. The fourth-order valence-electron chi connectivity index (χ4n) is 1.74. The molecular formula is C13H14FN3O2S. The number of halogens is 1. The zero-order valence-electron chi connectivity index (χ0n) is 10.8. The van der Waals surface area contributed by atoms with Gasteiger partial charge in [-0.05, 0) is 12.1 Å². The normalized spacial score (nSPS) is 12.1. The largest absolute Gasteiger partial charge is 0.478 e. The zero-order valence-corrected chi connectivity index (χ0v) is 11.6. The van der Waals surface area contributed by atoms with Crippen molar-refractivity contribution < 1.29 is 14.3 Å². The first-order valence-electron chi connectivity index (χ1n) is 5.94. The van der Waals surface area contributed by atoms with E-state index in [9.17, 15) is 9.18 Å². The number of carboxylic acids is 1. The van der Waals surface area contributed by atoms with Gasteiger partial charge in [0.25, 0.3) is 0 Å². The second-order valence-corrected chi connectivity index (χ2v) is 5.30. The minimum absolute atomic E-state index is 0.150. The number of nitrogens with two attached hydrogens (primary N) is 1. The van der Waals surface area contributed by atoms with Gasteiger partial charge in [0.1, 0.15) is 5.82 Å². The van der Waals surface area contributed by atoms with E-state index in [2.05, 4.69) is 10.3 Å². The van der Waals surface area contributed by atoms with Gasteiger partial charge in [-0.1, -0.05) is 6.92 Å². The lowest BCUT2D eigenvalue weighted by molar-refractivity contribution is 0.0692. The third kappa shape index (κ3) is 3.05. The molecular weight excluding hydrogens is 281 g/mol. The van der Waals surface area contributed by atoms with Crippen molar-refractivity contribution in [2.75, 3.05) is 17.6 Å². The number of nitrogens with zero attached hydrogens (tertiary/aromatic N) is 1. The van der Waals surface area contributed by atoms with E-state index in [0.29, 0.717) is 12.2 Å². The number of rotatable bonds is 5. The van der Waals surface area contributed by atoms with Gasteiger partial charge in [-0.2, -0.15) is 0 Å². The summed E-state index contributed by atoms with van der Waals surface area (Å²) < 4.78 is 13.6. The lowest BCUT2D eigenvalue weighted by Crippen LogP contribution is -2.12. The topological polar surface area (TPSA) is 88.2 Å². The second kappa shape index (κ2) is 5.87. The van der Waals surface area contributed by atoms with Crippen LogP contribution in [0.3, 0.4) is 0 Å². The lowest BCUT2D eigenvalue weighted by Gasteiger charge is -2.14. The molecule has 0 radical (unpaired) electrons. The van der Waals surface area contributed by atoms with Crippen molar-refractivity contribution in [1.82, 2.24) is 4.98 Å². The lowest BCUT2D eigenvalue weighted by atomic mass is 10.1. The molecule has 0 bridgehead atoms. The number of anilines is 2. The van der Waals surface area contributed by atoms with Gasteiger partial charge in [-0.15, -0.1) is 11.3 Å². The van der Waals surface area contributed by atoms with E-state index >= 15 is 0 Å². The van der Waals surface area contributed by atoms with E-state index in [4.69, 9.17) is 10.8 Å². The monoisotopic (exact) mass is 295 g/mol. The van der Waals surface area contributed by atoms with Gasteiger partial charge in [-0.3, -0.25) is 0 Å². The minimum Gasteiger partial charge on any atom is -0.478 e. The molecule has 0 saturated carbocycles. The van der Waals surface area contributed by atoms with Crippen molar-refractivity contribution in [1.29, 1.82) is 0 Å². The van der Waals surface area contributed by atoms with Crippen LogP contribution < -0.4 is 11.1 Å². The highest BCUT2D eigenvalue weighted by Gasteiger charge is 2.14. The maximum atomic E-state index is 13.6. The molecule has 4 N–H and O–H groups in total. The van der Waals surface area contributed by atoms with Crippen LogP contribution >= 0.6 is 11.3 Å². The first-order valence-corrected chi connectivity index (χ1v) is 6.82. The number of thiazole rings is 1. The summed E-state index contributed by atoms with van der Waals surface area (Å²) >= 11 is 1.55. The molecule has 0 aliphatic rings. The van der Waals surface area contributed by atoms with Gasteiger partial charge in [0, 0.05) is 24.0 Å². The summed E-state index contributed by atoms with van der Waals surface area (Å²) in [5.41, 5.74) is 5.89. The standard InChI is InChI=1S/C13H14FN3O2S/c1-7(12-16-2-3-20-12)6-17-11-5-9(14)8(13(18)19)4-10(11)15/h2-5,7,17H,6,15H2,1H3,(H,18,19). The van der Waals surface area contributed by atoms with Crippen molar-refractivity contribution in [3.8, 4) is 0 Å². The Bertz CT molecular complexity index is 616. The average molecular weight is 295 g/mol. The third-order valence-electron chi connectivity index (χ3n) is 2.84. The van der Waals surface area contributed by atoms with Crippen molar-refractivity contribution in [3.63, 3.8) is 0 Å². The van der Waals surface area contributed by atoms with Crippen LogP contribution in [0, 0.1) is 5.82 Å². The average Bonchev–Trinajstić information content (AvgIpc) is 2.92. The highest BCUT2D eigenvalue weighted by atomic mass is 32.1. The van der Waals surface area contributed by atoms with E-state index < -0.39 is 17.3 Å². The van der Waals surface area contributed by atoms with E-state index in [0.717, 1.165) is 17.1 Å². The van der Waals surface area contributed by atoms with Gasteiger partial charge >= 0.3 is 5.97 Å². The molecule has 0 amide bonds. The van der Waals surface area contributed by atoms with Gasteiger partial charge in [0.2, 0.25) is 0 Å². The Morgan fingerprint density at radius 3 is 2.95 bits per heavy atom. The molecule has 0 spiro atoms. The molecule has 1 aromatic heterocycles. The number of aromatic carboxylic acids is 1. The zero-order chi connectivity index (χ0) is 14.7. The summed E-state index contributed by atoms with van der Waals surface area (Å²) in [6, 6.07) is 2.22. The van der Waals surface area contributed by atoms with Crippen LogP contribution in [0.4, 0.5) is 15.8 Å². The molecule has 0 fully saturated rings. The predicted octanol–water partition coefficient (Wildman–Crippen LogP) is 2.78. The maximum Gasteiger partial charge on any atom is 0.338 e. The van der Waals surface area contributed by atoms with Crippen molar-refractivity contribution >= 4 is 28.7 Å². The smallest absolute Gasteiger partial charge is 0.338 e. The quantitative estimate of drug-likeness (QED) is 0.738. The molecule has 1 unspecified atom stereocenters. The summed E-state index contributed by atoms with van der Waals surface area (Å²) in [6.07, 6.45) is 1.73. The highest BCUT2D eigenvalue weighted by molar-refractivity contribution is 7.09. The number of aromatic nitrogens is 1. The van der Waals surface area contributed by atoms with E-state index in [-0.39, 0.29) is 11.6 Å². The number of carbonyl (C=O) groups is 1. The highest BCUT2D eigenvalue weighted by Crippen LogP contribution is 2.25. The van der Waals surface area contributed by atoms with Crippen LogP contribution in [0.15, 0.2) is 23.7 Å². The van der Waals surface area contributed by atoms with Gasteiger partial charge in [-0.25, -0.2) is 14.2 Å². The Labute approximate surface area is 119 Å². The van der Waals surface area contributed by atoms with Crippen molar-refractivity contribution in [2.24, 2.45) is 0 Å². The molecule has 20 heavy (non-hydrogen) atoms. The molecule has 1 aromatic carbocycles. The van der Waals surface area contributed by atoms with Crippen LogP contribution in [0.5, 0.6) is 0 Å². The molecule has 2 aromatic rings. The number of nitrogens with one attached hydrogen (secondary N) is 1. The molecule has 5 nitrogen and oxygen atoms in total. The molecule has 106 valence electrons. The molecule has 0 saturated heterocycles. The summed E-state index contributed by atoms with van der Waals surface area (Å²) in [5.74, 6) is -2.00. The molecule has 1 atom stereocenters. The fourth-order valence-corrected chi connectivity index (χ4v) is 2.43. The summed E-state index contributed by atoms with van der Waals surface area (Å²) in [6.45, 7) is 2.52. The Morgan fingerprint density at radius 2 is 2.35 bits per heavy atom. The van der Waals surface area contributed by atoms with Gasteiger partial charge < -0.3 is 16.2 Å². The Hall–Kier alpha value is -2.15. The van der Waals surface area contributed by atoms with Crippen LogP contribution in [-0.2, 0) is 0 Å². The Kier molecular flexibility index (Phi) is 4.19. The number of hydrogen-bond donors (Lipinski definition) is 3. The van der Waals surface area contributed by atoms with Crippen LogP contribution in [0.1, 0.15) is 28.2 Å². The van der Waals surface area contributed by atoms with Crippen LogP contribution in [0.2, 0.25) is 0 Å². The molecule has 1 heterocycles. The first kappa shape index (κ1) is 14.3. The van der Waals surface area contributed by atoms with E-state index in [1.165, 1.54) is 0 Å². The van der Waals surface area contributed by atoms with Crippen LogP contribution in [-0.4, -0.2) is 22.6 Å². The van der Waals surface area contributed by atoms with Gasteiger partial charge in [0.15, 0.2) is 0 Å². The third-order valence-corrected chi connectivity index (χ3v) is 3.85. The van der Waals surface area contributed by atoms with Crippen molar-refractivity contribution in [3.05, 3.63) is 40.1 Å². The molecule has 7 heteroatoms. The molecule has 0 aliphatic heterocycles. The minimum atomic E-state index is -1.34. The predicted molar refractivity (Wildman–Crippen MR) is 76.8 cm³/mol. The second-order valence-electron chi connectivity index (χ2n) is 4.38.